The third kappa shape index (κ3) is 3.09. The summed E-state index contributed by atoms with van der Waals surface area (Å²) in [5, 5.41) is 0.217. The van der Waals surface area contributed by atoms with Crippen molar-refractivity contribution in [3.05, 3.63) is 57.8 Å². The number of rotatable bonds is 4. The molecule has 0 aliphatic carbocycles. The van der Waals surface area contributed by atoms with Crippen LogP contribution in [-0.4, -0.2) is 24.8 Å². The van der Waals surface area contributed by atoms with Crippen molar-refractivity contribution in [3.63, 3.8) is 0 Å². The Morgan fingerprint density at radius 1 is 1.25 bits per heavy atom. The van der Waals surface area contributed by atoms with Crippen molar-refractivity contribution in [3.8, 4) is 0 Å². The number of sulfonamides is 1. The number of H-pyrrole nitrogens is 1. The standard InChI is InChI=1S/C13H13ClN2O2S2/c1-16(9-10-5-3-2-4-6-10)20(17,18)12-8-15-7-11(14)13(12)19/h2-8H,9H2,1H3,(H,15,19). The first-order valence-corrected chi connectivity index (χ1v) is 8.02. The van der Waals surface area contributed by atoms with Crippen LogP contribution in [0.4, 0.5) is 0 Å². The fraction of sp³-hybridized carbons (Fsp3) is 0.154. The summed E-state index contributed by atoms with van der Waals surface area (Å²) in [6.45, 7) is 0.268. The van der Waals surface area contributed by atoms with Gasteiger partial charge in [-0.15, -0.1) is 0 Å². The summed E-state index contributed by atoms with van der Waals surface area (Å²) < 4.78 is 26.4. The normalized spacial score (nSPS) is 11.8. The SMILES string of the molecule is CN(Cc1ccccc1)S(=O)(=O)c1c[nH]cc(Cl)c1=S. The molecule has 0 bridgehead atoms. The summed E-state index contributed by atoms with van der Waals surface area (Å²) in [5.41, 5.74) is 0.899. The van der Waals surface area contributed by atoms with Crippen molar-refractivity contribution in [2.75, 3.05) is 7.05 Å². The molecular formula is C13H13ClN2O2S2. The molecule has 106 valence electrons. The highest BCUT2D eigenvalue weighted by Crippen LogP contribution is 2.21. The first-order chi connectivity index (χ1) is 9.43. The topological polar surface area (TPSA) is 53.2 Å². The lowest BCUT2D eigenvalue weighted by atomic mass is 10.2. The molecule has 0 radical (unpaired) electrons. The van der Waals surface area contributed by atoms with E-state index in [1.807, 2.05) is 30.3 Å². The van der Waals surface area contributed by atoms with Crippen molar-refractivity contribution in [2.24, 2.45) is 0 Å². The summed E-state index contributed by atoms with van der Waals surface area (Å²) in [7, 11) is -2.16. The number of hydrogen-bond donors (Lipinski definition) is 1. The van der Waals surface area contributed by atoms with Crippen molar-refractivity contribution >= 4 is 33.8 Å². The van der Waals surface area contributed by atoms with E-state index in [-0.39, 0.29) is 21.0 Å². The Morgan fingerprint density at radius 2 is 1.90 bits per heavy atom. The molecule has 0 amide bonds. The average molecular weight is 329 g/mol. The molecular weight excluding hydrogens is 316 g/mol. The van der Waals surface area contributed by atoms with E-state index in [1.165, 1.54) is 23.7 Å². The van der Waals surface area contributed by atoms with Gasteiger partial charge in [0, 0.05) is 26.0 Å². The van der Waals surface area contributed by atoms with Crippen LogP contribution in [-0.2, 0) is 16.6 Å². The zero-order valence-electron chi connectivity index (χ0n) is 10.7. The number of halogens is 1. The van der Waals surface area contributed by atoms with E-state index >= 15 is 0 Å². The second-order valence-electron chi connectivity index (χ2n) is 4.24. The maximum atomic E-state index is 12.5. The number of benzene rings is 1. The van der Waals surface area contributed by atoms with Gasteiger partial charge >= 0.3 is 0 Å². The van der Waals surface area contributed by atoms with Crippen LogP contribution in [0.2, 0.25) is 5.02 Å². The van der Waals surface area contributed by atoms with Crippen LogP contribution in [0.15, 0.2) is 47.6 Å². The van der Waals surface area contributed by atoms with Gasteiger partial charge in [-0.2, -0.15) is 4.31 Å². The Kier molecular flexibility index (Phi) is 4.59. The highest BCUT2D eigenvalue weighted by Gasteiger charge is 2.23. The summed E-state index contributed by atoms with van der Waals surface area (Å²) in [5.74, 6) is 0. The fourth-order valence-corrected chi connectivity index (χ4v) is 3.59. The Hall–Kier alpha value is -1.21. The van der Waals surface area contributed by atoms with Gasteiger partial charge in [0.2, 0.25) is 10.0 Å². The van der Waals surface area contributed by atoms with Crippen LogP contribution in [0, 0.1) is 4.51 Å². The van der Waals surface area contributed by atoms with Gasteiger partial charge in [-0.3, -0.25) is 0 Å². The van der Waals surface area contributed by atoms with Gasteiger partial charge < -0.3 is 4.98 Å². The summed E-state index contributed by atoms with van der Waals surface area (Å²) in [6, 6.07) is 9.34. The highest BCUT2D eigenvalue weighted by atomic mass is 35.5. The van der Waals surface area contributed by atoms with Gasteiger partial charge in [0.1, 0.15) is 4.90 Å². The first kappa shape index (κ1) is 15.2. The first-order valence-electron chi connectivity index (χ1n) is 5.80. The molecule has 2 rings (SSSR count). The molecule has 1 aromatic heterocycles. The minimum absolute atomic E-state index is 0.0124. The third-order valence-corrected chi connectivity index (χ3v) is 5.61. The predicted octanol–water partition coefficient (Wildman–Crippen LogP) is 3.22. The molecule has 1 aromatic carbocycles. The third-order valence-electron chi connectivity index (χ3n) is 2.80. The lowest BCUT2D eigenvalue weighted by Crippen LogP contribution is -2.26. The minimum atomic E-state index is -3.68. The van der Waals surface area contributed by atoms with Gasteiger partial charge in [-0.25, -0.2) is 8.42 Å². The number of nitrogens with one attached hydrogen (secondary N) is 1. The monoisotopic (exact) mass is 328 g/mol. The molecule has 0 aliphatic heterocycles. The zero-order chi connectivity index (χ0) is 14.8. The van der Waals surface area contributed by atoms with Gasteiger partial charge in [0.05, 0.1) is 9.53 Å². The van der Waals surface area contributed by atoms with Crippen LogP contribution in [0.25, 0.3) is 0 Å². The molecule has 4 nitrogen and oxygen atoms in total. The summed E-state index contributed by atoms with van der Waals surface area (Å²) in [6.07, 6.45) is 2.81. The lowest BCUT2D eigenvalue weighted by molar-refractivity contribution is 0.466. The smallest absolute Gasteiger partial charge is 0.246 e. The van der Waals surface area contributed by atoms with E-state index in [2.05, 4.69) is 4.98 Å². The molecule has 0 unspecified atom stereocenters. The molecule has 1 heterocycles. The molecule has 2 aromatic rings. The molecule has 1 N–H and O–H groups in total. The molecule has 0 saturated carbocycles. The second kappa shape index (κ2) is 6.05. The van der Waals surface area contributed by atoms with Crippen molar-refractivity contribution in [1.82, 2.24) is 9.29 Å². The molecule has 20 heavy (non-hydrogen) atoms. The predicted molar refractivity (Wildman–Crippen MR) is 81.7 cm³/mol. The zero-order valence-corrected chi connectivity index (χ0v) is 13.1. The van der Waals surface area contributed by atoms with Crippen LogP contribution < -0.4 is 0 Å². The molecule has 0 spiro atoms. The van der Waals surface area contributed by atoms with E-state index in [0.29, 0.717) is 0 Å². The van der Waals surface area contributed by atoms with Gasteiger partial charge in [-0.1, -0.05) is 54.2 Å². The molecule has 0 fully saturated rings. The Balaban J connectivity index is 2.35. The maximum Gasteiger partial charge on any atom is 0.246 e. The second-order valence-corrected chi connectivity index (χ2v) is 7.07. The molecule has 0 saturated heterocycles. The van der Waals surface area contributed by atoms with Crippen LogP contribution in [0.3, 0.4) is 0 Å². The Labute approximate surface area is 128 Å². The number of aromatic nitrogens is 1. The van der Waals surface area contributed by atoms with E-state index in [0.717, 1.165) is 5.56 Å². The van der Waals surface area contributed by atoms with Crippen LogP contribution in [0.5, 0.6) is 0 Å². The quantitative estimate of drug-likeness (QED) is 0.877. The van der Waals surface area contributed by atoms with E-state index in [9.17, 15) is 8.42 Å². The number of pyridine rings is 1. The summed E-state index contributed by atoms with van der Waals surface area (Å²) >= 11 is 10.9. The highest BCUT2D eigenvalue weighted by molar-refractivity contribution is 7.89. The Bertz CT molecular complexity index is 757. The lowest BCUT2D eigenvalue weighted by Gasteiger charge is -2.17. The van der Waals surface area contributed by atoms with Crippen LogP contribution >= 0.6 is 23.8 Å². The minimum Gasteiger partial charge on any atom is -0.365 e. The summed E-state index contributed by atoms with van der Waals surface area (Å²) in [4.78, 5) is 2.70. The number of nitrogens with zero attached hydrogens (tertiary/aromatic N) is 1. The van der Waals surface area contributed by atoms with Crippen molar-refractivity contribution in [1.29, 1.82) is 0 Å². The van der Waals surface area contributed by atoms with Gasteiger partial charge in [0.15, 0.2) is 0 Å². The number of hydrogen-bond acceptors (Lipinski definition) is 3. The van der Waals surface area contributed by atoms with Crippen LogP contribution in [0.1, 0.15) is 5.56 Å². The molecule has 0 atom stereocenters. The van der Waals surface area contributed by atoms with Crippen molar-refractivity contribution < 1.29 is 8.42 Å². The maximum absolute atomic E-state index is 12.5. The average Bonchev–Trinajstić information content (AvgIpc) is 2.42. The number of aromatic amines is 1. The molecule has 7 heteroatoms. The molecule has 0 aliphatic rings. The van der Waals surface area contributed by atoms with E-state index in [4.69, 9.17) is 23.8 Å². The van der Waals surface area contributed by atoms with E-state index < -0.39 is 10.0 Å². The van der Waals surface area contributed by atoms with Gasteiger partial charge in [0.25, 0.3) is 0 Å². The fourth-order valence-electron chi connectivity index (χ4n) is 1.72. The Morgan fingerprint density at radius 3 is 2.55 bits per heavy atom. The van der Waals surface area contributed by atoms with Gasteiger partial charge in [-0.05, 0) is 5.56 Å². The van der Waals surface area contributed by atoms with E-state index in [1.54, 1.807) is 0 Å². The largest absolute Gasteiger partial charge is 0.365 e. The van der Waals surface area contributed by atoms with Crippen molar-refractivity contribution in [2.45, 2.75) is 11.4 Å².